The van der Waals surface area contributed by atoms with Crippen LogP contribution in [-0.4, -0.2) is 13.2 Å². The highest BCUT2D eigenvalue weighted by molar-refractivity contribution is 5.14. The lowest BCUT2D eigenvalue weighted by atomic mass is 9.72. The van der Waals surface area contributed by atoms with Gasteiger partial charge in [0, 0.05) is 0 Å². The molecule has 1 unspecified atom stereocenters. The van der Waals surface area contributed by atoms with E-state index >= 15 is 0 Å². The molecule has 1 aliphatic heterocycles. The molecule has 0 bridgehead atoms. The van der Waals surface area contributed by atoms with Crippen LogP contribution in [0, 0.1) is 23.7 Å². The van der Waals surface area contributed by atoms with Crippen molar-refractivity contribution in [2.75, 3.05) is 13.2 Å². The van der Waals surface area contributed by atoms with E-state index < -0.39 is 0 Å². The highest BCUT2D eigenvalue weighted by Gasteiger charge is 2.33. The first-order valence-corrected chi connectivity index (χ1v) is 7.09. The topological polar surface area (TPSA) is 9.23 Å². The average molecular weight is 220 g/mol. The summed E-state index contributed by atoms with van der Waals surface area (Å²) in [6.45, 7) is 4.48. The molecule has 0 aromatic rings. The van der Waals surface area contributed by atoms with Crippen molar-refractivity contribution in [1.82, 2.24) is 0 Å². The zero-order valence-electron chi connectivity index (χ0n) is 10.5. The van der Waals surface area contributed by atoms with Crippen molar-refractivity contribution >= 4 is 0 Å². The summed E-state index contributed by atoms with van der Waals surface area (Å²) in [7, 11) is 0. The highest BCUT2D eigenvalue weighted by atomic mass is 16.5. The number of ether oxygens (including phenoxy) is 1. The minimum atomic E-state index is 0.852. The second kappa shape index (κ2) is 4.52. The molecule has 0 spiro atoms. The fraction of sp³-hybridized carbons (Fsp3) is 0.867. The molecule has 3 aliphatic rings. The molecule has 0 amide bonds. The van der Waals surface area contributed by atoms with Crippen molar-refractivity contribution in [3.63, 3.8) is 0 Å². The molecule has 1 saturated carbocycles. The summed E-state index contributed by atoms with van der Waals surface area (Å²) in [5.41, 5.74) is 1.79. The highest BCUT2D eigenvalue weighted by Crippen LogP contribution is 2.42. The number of hydrogen-bond acceptors (Lipinski definition) is 1. The SMILES string of the molecule is CC1CCC[C@@H](C2=CC[C@H]3COC[C@H]3C2)C1. The van der Waals surface area contributed by atoms with E-state index in [1.165, 1.54) is 38.5 Å². The normalized spacial score (nSPS) is 43.9. The van der Waals surface area contributed by atoms with Crippen LogP contribution in [0.3, 0.4) is 0 Å². The van der Waals surface area contributed by atoms with Gasteiger partial charge in [-0.1, -0.05) is 31.4 Å². The van der Waals surface area contributed by atoms with Gasteiger partial charge in [0.05, 0.1) is 13.2 Å². The minimum Gasteiger partial charge on any atom is -0.381 e. The molecule has 90 valence electrons. The van der Waals surface area contributed by atoms with Gasteiger partial charge in [-0.25, -0.2) is 0 Å². The van der Waals surface area contributed by atoms with E-state index in [9.17, 15) is 0 Å². The quantitative estimate of drug-likeness (QED) is 0.611. The molecule has 0 aromatic carbocycles. The Morgan fingerprint density at radius 2 is 2.06 bits per heavy atom. The van der Waals surface area contributed by atoms with Crippen molar-refractivity contribution < 1.29 is 4.74 Å². The molecular formula is C15H24O. The van der Waals surface area contributed by atoms with Gasteiger partial charge >= 0.3 is 0 Å². The number of allylic oxidation sites excluding steroid dienone is 2. The Labute approximate surface area is 99.3 Å². The second-order valence-electron chi connectivity index (χ2n) is 6.25. The van der Waals surface area contributed by atoms with E-state index in [2.05, 4.69) is 13.0 Å². The summed E-state index contributed by atoms with van der Waals surface area (Å²) in [6.07, 6.45) is 11.0. The van der Waals surface area contributed by atoms with Crippen molar-refractivity contribution in [3.05, 3.63) is 11.6 Å². The third-order valence-electron chi connectivity index (χ3n) is 4.97. The van der Waals surface area contributed by atoms with E-state index in [1.54, 1.807) is 5.57 Å². The monoisotopic (exact) mass is 220 g/mol. The lowest BCUT2D eigenvalue weighted by Crippen LogP contribution is -2.23. The largest absolute Gasteiger partial charge is 0.381 e. The van der Waals surface area contributed by atoms with Crippen molar-refractivity contribution in [2.24, 2.45) is 23.7 Å². The molecule has 1 saturated heterocycles. The first kappa shape index (κ1) is 10.8. The summed E-state index contributed by atoms with van der Waals surface area (Å²) in [5, 5.41) is 0. The van der Waals surface area contributed by atoms with Crippen LogP contribution in [0.1, 0.15) is 45.4 Å². The lowest BCUT2D eigenvalue weighted by Gasteiger charge is -2.33. The Morgan fingerprint density at radius 3 is 2.94 bits per heavy atom. The van der Waals surface area contributed by atoms with E-state index in [0.29, 0.717) is 0 Å². The smallest absolute Gasteiger partial charge is 0.0501 e. The average Bonchev–Trinajstić information content (AvgIpc) is 2.75. The van der Waals surface area contributed by atoms with Crippen LogP contribution in [0.2, 0.25) is 0 Å². The summed E-state index contributed by atoms with van der Waals surface area (Å²) >= 11 is 0. The van der Waals surface area contributed by atoms with E-state index in [1.807, 2.05) is 0 Å². The summed E-state index contributed by atoms with van der Waals surface area (Å²) < 4.78 is 5.61. The predicted molar refractivity (Wildman–Crippen MR) is 66.2 cm³/mol. The molecule has 1 nitrogen and oxygen atoms in total. The molecule has 0 aromatic heterocycles. The molecule has 1 heterocycles. The maximum Gasteiger partial charge on any atom is 0.0501 e. The Balaban J connectivity index is 1.66. The first-order valence-electron chi connectivity index (χ1n) is 7.09. The standard InChI is InChI=1S/C15H24O/c1-11-3-2-4-12(7-11)13-5-6-14-9-16-10-15(14)8-13/h5,11-12,14-15H,2-4,6-10H2,1H3/t11?,12-,14+,15-/m1/s1. The number of fused-ring (bicyclic) bond motifs is 1. The summed E-state index contributed by atoms with van der Waals surface area (Å²) in [4.78, 5) is 0. The maximum atomic E-state index is 5.61. The molecule has 1 heteroatoms. The van der Waals surface area contributed by atoms with Crippen LogP contribution >= 0.6 is 0 Å². The van der Waals surface area contributed by atoms with Crippen LogP contribution < -0.4 is 0 Å². The van der Waals surface area contributed by atoms with Gasteiger partial charge in [0.1, 0.15) is 0 Å². The van der Waals surface area contributed by atoms with E-state index in [0.717, 1.165) is 36.9 Å². The van der Waals surface area contributed by atoms with Crippen LogP contribution in [0.4, 0.5) is 0 Å². The van der Waals surface area contributed by atoms with Gasteiger partial charge < -0.3 is 4.74 Å². The van der Waals surface area contributed by atoms with E-state index in [4.69, 9.17) is 4.74 Å². The van der Waals surface area contributed by atoms with Gasteiger partial charge in [-0.3, -0.25) is 0 Å². The zero-order chi connectivity index (χ0) is 11.0. The van der Waals surface area contributed by atoms with E-state index in [-0.39, 0.29) is 0 Å². The molecular weight excluding hydrogens is 196 g/mol. The fourth-order valence-corrected chi connectivity index (χ4v) is 3.92. The van der Waals surface area contributed by atoms with Gasteiger partial charge in [-0.05, 0) is 49.4 Å². The summed E-state index contributed by atoms with van der Waals surface area (Å²) in [6, 6.07) is 0. The van der Waals surface area contributed by atoms with Crippen molar-refractivity contribution in [2.45, 2.75) is 45.4 Å². The third kappa shape index (κ3) is 2.07. The van der Waals surface area contributed by atoms with Gasteiger partial charge in [-0.15, -0.1) is 0 Å². The minimum absolute atomic E-state index is 0.852. The molecule has 4 atom stereocenters. The van der Waals surface area contributed by atoms with Crippen LogP contribution in [0.15, 0.2) is 11.6 Å². The van der Waals surface area contributed by atoms with Gasteiger partial charge in [-0.2, -0.15) is 0 Å². The van der Waals surface area contributed by atoms with Crippen molar-refractivity contribution in [1.29, 1.82) is 0 Å². The van der Waals surface area contributed by atoms with Gasteiger partial charge in [0.2, 0.25) is 0 Å². The molecule has 3 rings (SSSR count). The number of rotatable bonds is 1. The molecule has 16 heavy (non-hydrogen) atoms. The molecule has 2 aliphatic carbocycles. The Bertz CT molecular complexity index is 281. The van der Waals surface area contributed by atoms with Crippen LogP contribution in [-0.2, 0) is 4.74 Å². The van der Waals surface area contributed by atoms with Gasteiger partial charge in [0.15, 0.2) is 0 Å². The molecule has 2 fully saturated rings. The molecule has 0 radical (unpaired) electrons. The third-order valence-corrected chi connectivity index (χ3v) is 4.97. The lowest BCUT2D eigenvalue weighted by molar-refractivity contribution is 0.181. The van der Waals surface area contributed by atoms with Gasteiger partial charge in [0.25, 0.3) is 0 Å². The second-order valence-corrected chi connectivity index (χ2v) is 6.25. The van der Waals surface area contributed by atoms with Crippen LogP contribution in [0.5, 0.6) is 0 Å². The zero-order valence-corrected chi connectivity index (χ0v) is 10.5. The fourth-order valence-electron chi connectivity index (χ4n) is 3.92. The Hall–Kier alpha value is -0.300. The van der Waals surface area contributed by atoms with Crippen LogP contribution in [0.25, 0.3) is 0 Å². The molecule has 0 N–H and O–H groups in total. The maximum absolute atomic E-state index is 5.61. The number of hydrogen-bond donors (Lipinski definition) is 0. The van der Waals surface area contributed by atoms with Crippen molar-refractivity contribution in [3.8, 4) is 0 Å². The Kier molecular flexibility index (Phi) is 3.06. The first-order chi connectivity index (χ1) is 7.83. The predicted octanol–water partition coefficient (Wildman–Crippen LogP) is 3.80. The Morgan fingerprint density at radius 1 is 1.19 bits per heavy atom. The summed E-state index contributed by atoms with van der Waals surface area (Å²) in [5.74, 6) is 3.59.